The van der Waals surface area contributed by atoms with Crippen molar-refractivity contribution >= 4 is 40.4 Å². The molecule has 29 heavy (non-hydrogen) atoms. The van der Waals surface area contributed by atoms with E-state index in [1.807, 2.05) is 0 Å². The number of carbonyl (C=O) groups is 2. The van der Waals surface area contributed by atoms with Gasteiger partial charge in [-0.15, -0.1) is 0 Å². The molecule has 5 N–H and O–H groups in total. The first-order valence-corrected chi connectivity index (χ1v) is 8.54. The normalized spacial score (nSPS) is 12.1. The number of pyridine rings is 1. The molecular formula is C20H15FN4O4. The predicted molar refractivity (Wildman–Crippen MR) is 105 cm³/mol. The lowest BCUT2D eigenvalue weighted by atomic mass is 10.1. The van der Waals surface area contributed by atoms with Crippen LogP contribution in [0.2, 0.25) is 0 Å². The Bertz CT molecular complexity index is 1180. The van der Waals surface area contributed by atoms with Crippen molar-refractivity contribution < 1.29 is 24.2 Å². The number of nitrogens with one attached hydrogen (secondary N) is 3. The number of carboxylic acid groups (broad SMARTS) is 1. The third kappa shape index (κ3) is 3.29. The van der Waals surface area contributed by atoms with Crippen LogP contribution in [0, 0.1) is 12.7 Å². The first-order valence-electron chi connectivity index (χ1n) is 8.54. The molecule has 2 aromatic carbocycles. The maximum atomic E-state index is 14.3. The van der Waals surface area contributed by atoms with E-state index in [0.717, 1.165) is 0 Å². The second-order valence-corrected chi connectivity index (χ2v) is 6.47. The van der Waals surface area contributed by atoms with E-state index >= 15 is 0 Å². The van der Waals surface area contributed by atoms with E-state index in [9.17, 15) is 19.1 Å². The second-order valence-electron chi connectivity index (χ2n) is 6.47. The van der Waals surface area contributed by atoms with Crippen LogP contribution in [0.15, 0.2) is 42.6 Å². The smallest absolute Gasteiger partial charge is 0.335 e. The summed E-state index contributed by atoms with van der Waals surface area (Å²) in [6.45, 7) is 1.57. The number of nitrogens with zero attached hydrogens (tertiary/aromatic N) is 1. The SMILES string of the molecule is Cc1cc(F)c(Nc2ccnc3c2C(=O)Nc2cc(C(=O)O)ccc2N3)cc1O. The number of halogens is 1. The number of anilines is 5. The third-order valence-electron chi connectivity index (χ3n) is 4.50. The average Bonchev–Trinajstić information content (AvgIpc) is 2.81. The zero-order valence-electron chi connectivity index (χ0n) is 15.1. The highest BCUT2D eigenvalue weighted by atomic mass is 19.1. The summed E-state index contributed by atoms with van der Waals surface area (Å²) in [5.74, 6) is -2.15. The Hall–Kier alpha value is -4.14. The lowest BCUT2D eigenvalue weighted by Crippen LogP contribution is -2.14. The lowest BCUT2D eigenvalue weighted by molar-refractivity contribution is 0.0696. The lowest BCUT2D eigenvalue weighted by Gasteiger charge is -2.14. The van der Waals surface area contributed by atoms with Crippen LogP contribution < -0.4 is 16.0 Å². The molecule has 146 valence electrons. The first kappa shape index (κ1) is 18.2. The van der Waals surface area contributed by atoms with E-state index in [1.165, 1.54) is 42.6 Å². The van der Waals surface area contributed by atoms with Gasteiger partial charge in [-0.2, -0.15) is 0 Å². The van der Waals surface area contributed by atoms with E-state index < -0.39 is 17.7 Å². The molecule has 0 aliphatic carbocycles. The van der Waals surface area contributed by atoms with Gasteiger partial charge in [0.2, 0.25) is 0 Å². The number of aryl methyl sites for hydroxylation is 1. The second kappa shape index (κ2) is 6.79. The molecule has 0 radical (unpaired) electrons. The van der Waals surface area contributed by atoms with Gasteiger partial charge in [0.15, 0.2) is 0 Å². The fourth-order valence-corrected chi connectivity index (χ4v) is 2.99. The Morgan fingerprint density at radius 3 is 2.66 bits per heavy atom. The largest absolute Gasteiger partial charge is 0.508 e. The zero-order chi connectivity index (χ0) is 20.7. The van der Waals surface area contributed by atoms with Crippen molar-refractivity contribution in [3.05, 3.63) is 65.1 Å². The van der Waals surface area contributed by atoms with Gasteiger partial charge in [0.1, 0.15) is 22.9 Å². The Morgan fingerprint density at radius 1 is 1.10 bits per heavy atom. The van der Waals surface area contributed by atoms with Crippen LogP contribution in [-0.4, -0.2) is 27.1 Å². The van der Waals surface area contributed by atoms with Crippen LogP contribution in [0.5, 0.6) is 5.75 Å². The molecule has 0 unspecified atom stereocenters. The number of hydrogen-bond acceptors (Lipinski definition) is 6. The van der Waals surface area contributed by atoms with Crippen LogP contribution in [0.25, 0.3) is 0 Å². The van der Waals surface area contributed by atoms with Gasteiger partial charge in [-0.3, -0.25) is 4.79 Å². The van der Waals surface area contributed by atoms with Gasteiger partial charge in [0.05, 0.1) is 28.3 Å². The van der Waals surface area contributed by atoms with Gasteiger partial charge >= 0.3 is 5.97 Å². The van der Waals surface area contributed by atoms with Crippen molar-refractivity contribution in [1.29, 1.82) is 0 Å². The molecule has 9 heteroatoms. The minimum atomic E-state index is -1.13. The monoisotopic (exact) mass is 394 g/mol. The Morgan fingerprint density at radius 2 is 1.90 bits per heavy atom. The molecule has 8 nitrogen and oxygen atoms in total. The number of phenolic OH excluding ortho intramolecular Hbond substituents is 1. The third-order valence-corrected chi connectivity index (χ3v) is 4.50. The minimum absolute atomic E-state index is 0.00998. The van der Waals surface area contributed by atoms with Crippen molar-refractivity contribution in [2.24, 2.45) is 0 Å². The number of aromatic hydroxyl groups is 1. The number of aromatic carboxylic acids is 1. The number of carboxylic acids is 1. The average molecular weight is 394 g/mol. The number of carbonyl (C=O) groups excluding carboxylic acids is 1. The molecule has 0 atom stereocenters. The van der Waals surface area contributed by atoms with E-state index in [0.29, 0.717) is 11.3 Å². The fraction of sp³-hybridized carbons (Fsp3) is 0.0500. The van der Waals surface area contributed by atoms with Crippen LogP contribution in [0.1, 0.15) is 26.3 Å². The molecule has 2 heterocycles. The number of amides is 1. The van der Waals surface area contributed by atoms with Crippen molar-refractivity contribution in [2.75, 3.05) is 16.0 Å². The number of benzene rings is 2. The standard InChI is InChI=1S/C20H15FN4O4/c1-9-6-11(21)14(8-16(9)26)23-13-4-5-22-18-17(13)19(27)25-15-7-10(20(28)29)2-3-12(15)24-18/h2-8,26H,1H3,(H,25,27)(H,28,29)(H2,22,23,24). The van der Waals surface area contributed by atoms with Gasteiger partial charge in [0.25, 0.3) is 5.91 Å². The van der Waals surface area contributed by atoms with Gasteiger partial charge in [0, 0.05) is 12.3 Å². The molecule has 4 rings (SSSR count). The Labute approximate surface area is 164 Å². The number of aromatic nitrogens is 1. The van der Waals surface area contributed by atoms with Gasteiger partial charge in [-0.05, 0) is 42.8 Å². The Balaban J connectivity index is 1.76. The molecule has 1 aliphatic heterocycles. The number of rotatable bonds is 3. The minimum Gasteiger partial charge on any atom is -0.508 e. The summed E-state index contributed by atoms with van der Waals surface area (Å²) in [5, 5.41) is 27.5. The van der Waals surface area contributed by atoms with E-state index in [2.05, 4.69) is 20.9 Å². The molecule has 0 fully saturated rings. The molecule has 1 aliphatic rings. The topological polar surface area (TPSA) is 124 Å². The molecule has 3 aromatic rings. The summed E-state index contributed by atoms with van der Waals surface area (Å²) >= 11 is 0. The summed E-state index contributed by atoms with van der Waals surface area (Å²) in [5.41, 5.74) is 1.49. The molecule has 1 aromatic heterocycles. The van der Waals surface area contributed by atoms with Crippen molar-refractivity contribution in [3.8, 4) is 5.75 Å². The van der Waals surface area contributed by atoms with Crippen LogP contribution in [0.4, 0.5) is 33.0 Å². The van der Waals surface area contributed by atoms with Gasteiger partial charge < -0.3 is 26.2 Å². The van der Waals surface area contributed by atoms with Crippen molar-refractivity contribution in [1.82, 2.24) is 4.98 Å². The van der Waals surface area contributed by atoms with Crippen LogP contribution in [0.3, 0.4) is 0 Å². The summed E-state index contributed by atoms with van der Waals surface area (Å²) in [7, 11) is 0. The molecule has 0 saturated carbocycles. The number of hydrogen-bond donors (Lipinski definition) is 5. The highest BCUT2D eigenvalue weighted by Gasteiger charge is 2.24. The maximum absolute atomic E-state index is 14.3. The van der Waals surface area contributed by atoms with Crippen LogP contribution in [-0.2, 0) is 0 Å². The van der Waals surface area contributed by atoms with Crippen molar-refractivity contribution in [3.63, 3.8) is 0 Å². The molecule has 1 amide bonds. The van der Waals surface area contributed by atoms with Gasteiger partial charge in [-0.1, -0.05) is 0 Å². The molecule has 0 saturated heterocycles. The van der Waals surface area contributed by atoms with Crippen molar-refractivity contribution in [2.45, 2.75) is 6.92 Å². The van der Waals surface area contributed by atoms with E-state index in [4.69, 9.17) is 5.11 Å². The highest BCUT2D eigenvalue weighted by molar-refractivity contribution is 6.15. The molecular weight excluding hydrogens is 379 g/mol. The Kier molecular flexibility index (Phi) is 4.27. The summed E-state index contributed by atoms with van der Waals surface area (Å²) < 4.78 is 14.3. The van der Waals surface area contributed by atoms with Crippen LogP contribution >= 0.6 is 0 Å². The number of phenols is 1. The zero-order valence-corrected chi connectivity index (χ0v) is 15.1. The maximum Gasteiger partial charge on any atom is 0.335 e. The molecule has 0 bridgehead atoms. The number of fused-ring (bicyclic) bond motifs is 2. The van der Waals surface area contributed by atoms with E-state index in [-0.39, 0.29) is 39.8 Å². The summed E-state index contributed by atoms with van der Waals surface area (Å²) in [6.07, 6.45) is 1.43. The molecule has 0 spiro atoms. The summed E-state index contributed by atoms with van der Waals surface area (Å²) in [6, 6.07) is 8.16. The van der Waals surface area contributed by atoms with E-state index in [1.54, 1.807) is 6.92 Å². The highest BCUT2D eigenvalue weighted by Crippen LogP contribution is 2.36. The quantitative estimate of drug-likeness (QED) is 0.455. The summed E-state index contributed by atoms with van der Waals surface area (Å²) in [4.78, 5) is 28.2. The first-order chi connectivity index (χ1) is 13.8. The fourth-order valence-electron chi connectivity index (χ4n) is 2.99. The van der Waals surface area contributed by atoms with Gasteiger partial charge in [-0.25, -0.2) is 14.2 Å². The predicted octanol–water partition coefficient (Wildman–Crippen LogP) is 3.99.